The summed E-state index contributed by atoms with van der Waals surface area (Å²) in [5.41, 5.74) is 0. The van der Waals surface area contributed by atoms with Crippen LogP contribution in [0.4, 0.5) is 0 Å². The van der Waals surface area contributed by atoms with Crippen LogP contribution >= 0.6 is 0 Å². The molecule has 0 unspecified atom stereocenters. The lowest BCUT2D eigenvalue weighted by atomic mass is 10.1. The van der Waals surface area contributed by atoms with Crippen LogP contribution in [0.3, 0.4) is 0 Å². The zero-order valence-electron chi connectivity index (χ0n) is 37.0. The van der Waals surface area contributed by atoms with E-state index in [1.807, 2.05) is 0 Å². The van der Waals surface area contributed by atoms with E-state index in [2.05, 4.69) is 32.9 Å². The summed E-state index contributed by atoms with van der Waals surface area (Å²) in [5, 5.41) is 0. The Morgan fingerprint density at radius 3 is 0.909 bits per heavy atom. The van der Waals surface area contributed by atoms with Gasteiger partial charge in [0, 0.05) is 19.3 Å². The van der Waals surface area contributed by atoms with Gasteiger partial charge in [0.15, 0.2) is 6.10 Å². The number of hydrogen-bond donors (Lipinski definition) is 0. The second-order valence-electron chi connectivity index (χ2n) is 16.4. The van der Waals surface area contributed by atoms with Gasteiger partial charge in [0.2, 0.25) is 0 Å². The van der Waals surface area contributed by atoms with Gasteiger partial charge in [0.25, 0.3) is 0 Å². The third-order valence-electron chi connectivity index (χ3n) is 10.8. The predicted molar refractivity (Wildman–Crippen MR) is 233 cm³/mol. The molecular formula is C49H92O6. The second kappa shape index (κ2) is 44.9. The molecule has 0 amide bonds. The molecule has 1 atom stereocenters. The molecule has 6 heteroatoms. The smallest absolute Gasteiger partial charge is 0.306 e. The zero-order valence-corrected chi connectivity index (χ0v) is 37.0. The Morgan fingerprint density at radius 2 is 0.600 bits per heavy atom. The molecule has 0 heterocycles. The number of unbranched alkanes of at least 4 members (excludes halogenated alkanes) is 31. The first-order valence-electron chi connectivity index (χ1n) is 24.2. The summed E-state index contributed by atoms with van der Waals surface area (Å²) in [7, 11) is 0. The summed E-state index contributed by atoms with van der Waals surface area (Å²) in [6, 6.07) is 0. The molecule has 0 aliphatic rings. The van der Waals surface area contributed by atoms with Crippen LogP contribution in [0.25, 0.3) is 0 Å². The van der Waals surface area contributed by atoms with E-state index in [9.17, 15) is 14.4 Å². The van der Waals surface area contributed by atoms with E-state index in [1.54, 1.807) is 0 Å². The highest BCUT2D eigenvalue weighted by molar-refractivity contribution is 5.71. The molecule has 0 spiro atoms. The molecule has 0 N–H and O–H groups in total. The molecule has 0 radical (unpaired) electrons. The summed E-state index contributed by atoms with van der Waals surface area (Å²) >= 11 is 0. The summed E-state index contributed by atoms with van der Waals surface area (Å²) in [5.74, 6) is -0.864. The number of allylic oxidation sites excluding steroid dienone is 2. The summed E-state index contributed by atoms with van der Waals surface area (Å²) < 4.78 is 16.7. The molecule has 55 heavy (non-hydrogen) atoms. The van der Waals surface area contributed by atoms with E-state index in [1.165, 1.54) is 167 Å². The van der Waals surface area contributed by atoms with Crippen LogP contribution in [-0.4, -0.2) is 37.2 Å². The van der Waals surface area contributed by atoms with Gasteiger partial charge in [0.1, 0.15) is 13.2 Å². The maximum Gasteiger partial charge on any atom is 0.306 e. The molecule has 0 fully saturated rings. The lowest BCUT2D eigenvalue weighted by Crippen LogP contribution is -2.30. The van der Waals surface area contributed by atoms with Crippen molar-refractivity contribution in [2.24, 2.45) is 0 Å². The summed E-state index contributed by atoms with van der Waals surface area (Å²) in [4.78, 5) is 37.7. The molecule has 6 nitrogen and oxygen atoms in total. The predicted octanol–water partition coefficient (Wildman–Crippen LogP) is 15.4. The summed E-state index contributed by atoms with van der Waals surface area (Å²) in [6.45, 7) is 6.62. The molecule has 0 saturated carbocycles. The fourth-order valence-electron chi connectivity index (χ4n) is 7.08. The highest BCUT2D eigenvalue weighted by Crippen LogP contribution is 2.15. The topological polar surface area (TPSA) is 78.9 Å². The lowest BCUT2D eigenvalue weighted by Gasteiger charge is -2.18. The zero-order chi connectivity index (χ0) is 40.1. The fraction of sp³-hybridized carbons (Fsp3) is 0.898. The molecule has 0 aliphatic heterocycles. The minimum Gasteiger partial charge on any atom is -0.462 e. The Morgan fingerprint density at radius 1 is 0.345 bits per heavy atom. The van der Waals surface area contributed by atoms with Crippen molar-refractivity contribution < 1.29 is 28.6 Å². The third kappa shape index (κ3) is 43.1. The van der Waals surface area contributed by atoms with Gasteiger partial charge in [-0.15, -0.1) is 0 Å². The van der Waals surface area contributed by atoms with Crippen molar-refractivity contribution >= 4 is 17.9 Å². The molecule has 0 rings (SSSR count). The van der Waals surface area contributed by atoms with Crippen LogP contribution in [0, 0.1) is 0 Å². The van der Waals surface area contributed by atoms with Gasteiger partial charge in [-0.1, -0.05) is 213 Å². The SMILES string of the molecule is CCCCCCCC/C=C\CCCCCCCCCC(=O)OC[C@@H](COC(=O)CCCCCCCCCCC)OC(=O)CCCCCCCCCCCCC. The van der Waals surface area contributed by atoms with Crippen molar-refractivity contribution in [2.45, 2.75) is 271 Å². The van der Waals surface area contributed by atoms with Gasteiger partial charge in [-0.2, -0.15) is 0 Å². The largest absolute Gasteiger partial charge is 0.462 e. The molecule has 0 aromatic carbocycles. The van der Waals surface area contributed by atoms with Gasteiger partial charge < -0.3 is 14.2 Å². The molecule has 324 valence electrons. The van der Waals surface area contributed by atoms with Gasteiger partial charge in [-0.3, -0.25) is 14.4 Å². The van der Waals surface area contributed by atoms with Crippen molar-refractivity contribution in [1.82, 2.24) is 0 Å². The highest BCUT2D eigenvalue weighted by Gasteiger charge is 2.19. The van der Waals surface area contributed by atoms with Crippen molar-refractivity contribution in [2.75, 3.05) is 13.2 Å². The monoisotopic (exact) mass is 777 g/mol. The highest BCUT2D eigenvalue weighted by atomic mass is 16.6. The minimum atomic E-state index is -0.762. The molecule has 0 aliphatic carbocycles. The molecular weight excluding hydrogens is 685 g/mol. The number of hydrogen-bond acceptors (Lipinski definition) is 6. The van der Waals surface area contributed by atoms with E-state index >= 15 is 0 Å². The first kappa shape index (κ1) is 53.1. The number of esters is 3. The van der Waals surface area contributed by atoms with Gasteiger partial charge >= 0.3 is 17.9 Å². The average molecular weight is 777 g/mol. The first-order valence-corrected chi connectivity index (χ1v) is 24.2. The van der Waals surface area contributed by atoms with Crippen LogP contribution in [0.1, 0.15) is 265 Å². The Kier molecular flexibility index (Phi) is 43.4. The van der Waals surface area contributed by atoms with Crippen molar-refractivity contribution in [3.8, 4) is 0 Å². The number of rotatable bonds is 44. The quantitative estimate of drug-likeness (QED) is 0.0265. The van der Waals surface area contributed by atoms with Crippen LogP contribution in [0.2, 0.25) is 0 Å². The van der Waals surface area contributed by atoms with E-state index in [0.717, 1.165) is 57.8 Å². The van der Waals surface area contributed by atoms with Gasteiger partial charge in [-0.25, -0.2) is 0 Å². The third-order valence-corrected chi connectivity index (χ3v) is 10.8. The Balaban J connectivity index is 4.27. The fourth-order valence-corrected chi connectivity index (χ4v) is 7.08. The second-order valence-corrected chi connectivity index (χ2v) is 16.4. The van der Waals surface area contributed by atoms with Crippen LogP contribution in [0.15, 0.2) is 12.2 Å². The maximum absolute atomic E-state index is 12.7. The number of carbonyl (C=O) groups is 3. The van der Waals surface area contributed by atoms with Gasteiger partial charge in [-0.05, 0) is 44.9 Å². The molecule has 0 aromatic rings. The maximum atomic E-state index is 12.7. The normalized spacial score (nSPS) is 12.0. The first-order chi connectivity index (χ1) is 27.0. The standard InChI is InChI=1S/C49H92O6/c1-4-7-10-13-16-19-21-22-23-24-25-26-28-30-33-36-39-42-48(51)54-45-46(44-53-47(50)41-38-35-32-29-18-15-12-9-6-3)55-49(52)43-40-37-34-31-27-20-17-14-11-8-5-2/h22-23,46H,4-21,24-45H2,1-3H3/b23-22-/t46-/m1/s1. The Bertz CT molecular complexity index is 854. The number of carbonyl (C=O) groups excluding carboxylic acids is 3. The van der Waals surface area contributed by atoms with Crippen molar-refractivity contribution in [3.63, 3.8) is 0 Å². The Labute approximate surface area is 341 Å². The Hall–Kier alpha value is -1.85. The average Bonchev–Trinajstić information content (AvgIpc) is 3.18. The van der Waals surface area contributed by atoms with E-state index in [-0.39, 0.29) is 31.1 Å². The van der Waals surface area contributed by atoms with Crippen LogP contribution < -0.4 is 0 Å². The number of ether oxygens (including phenoxy) is 3. The van der Waals surface area contributed by atoms with Crippen LogP contribution in [-0.2, 0) is 28.6 Å². The van der Waals surface area contributed by atoms with E-state index < -0.39 is 6.10 Å². The summed E-state index contributed by atoms with van der Waals surface area (Å²) in [6.07, 6.45) is 47.7. The van der Waals surface area contributed by atoms with Crippen molar-refractivity contribution in [3.05, 3.63) is 12.2 Å². The minimum absolute atomic E-state index is 0.0670. The molecule has 0 aromatic heterocycles. The van der Waals surface area contributed by atoms with Gasteiger partial charge in [0.05, 0.1) is 0 Å². The van der Waals surface area contributed by atoms with E-state index in [0.29, 0.717) is 19.3 Å². The van der Waals surface area contributed by atoms with E-state index in [4.69, 9.17) is 14.2 Å². The molecule has 0 bridgehead atoms. The lowest BCUT2D eigenvalue weighted by molar-refractivity contribution is -0.167. The molecule has 0 saturated heterocycles. The van der Waals surface area contributed by atoms with Crippen molar-refractivity contribution in [1.29, 1.82) is 0 Å². The van der Waals surface area contributed by atoms with Crippen LogP contribution in [0.5, 0.6) is 0 Å².